The summed E-state index contributed by atoms with van der Waals surface area (Å²) >= 11 is 0. The molecule has 1 aromatic carbocycles. The van der Waals surface area contributed by atoms with E-state index in [1.807, 2.05) is 19.1 Å². The van der Waals surface area contributed by atoms with Crippen LogP contribution in [0.2, 0.25) is 0 Å². The molecule has 0 aliphatic carbocycles. The van der Waals surface area contributed by atoms with Crippen LogP contribution < -0.4 is 5.32 Å². The molecule has 3 N–H and O–H groups in total. The summed E-state index contributed by atoms with van der Waals surface area (Å²) in [5.41, 5.74) is 0. The summed E-state index contributed by atoms with van der Waals surface area (Å²) < 4.78 is 0. The zero-order valence-electron chi connectivity index (χ0n) is 10.4. The number of nitrogens with one attached hydrogen (secondary N) is 1. The topological polar surface area (TPSA) is 65.4 Å². The Morgan fingerprint density at radius 1 is 1.33 bits per heavy atom. The molecular weight excluding hydrogens is 228 g/mol. The van der Waals surface area contributed by atoms with Gasteiger partial charge in [-0.05, 0) is 36.4 Å². The summed E-state index contributed by atoms with van der Waals surface area (Å²) in [7, 11) is 0. The summed E-state index contributed by atoms with van der Waals surface area (Å²) in [6.45, 7) is 2.62. The molecule has 1 atom stereocenters. The summed E-state index contributed by atoms with van der Waals surface area (Å²) in [6, 6.07) is 7.12. The van der Waals surface area contributed by atoms with E-state index in [1.165, 1.54) is 0 Å². The first-order valence-corrected chi connectivity index (χ1v) is 6.20. The van der Waals surface area contributed by atoms with E-state index < -0.39 is 0 Å². The predicted octanol–water partition coefficient (Wildman–Crippen LogP) is 2.51. The van der Waals surface area contributed by atoms with Crippen molar-refractivity contribution >= 4 is 16.6 Å². The molecule has 4 nitrogen and oxygen atoms in total. The number of aliphatic hydroxyl groups is 1. The average molecular weight is 246 g/mol. The smallest absolute Gasteiger partial charge is 0.133 e. The number of fused-ring (bicyclic) bond motifs is 1. The van der Waals surface area contributed by atoms with Crippen LogP contribution in [0, 0.1) is 0 Å². The summed E-state index contributed by atoms with van der Waals surface area (Å²) in [4.78, 5) is 4.27. The van der Waals surface area contributed by atoms with Gasteiger partial charge in [-0.1, -0.05) is 13.0 Å². The van der Waals surface area contributed by atoms with Gasteiger partial charge < -0.3 is 15.5 Å². The van der Waals surface area contributed by atoms with Crippen molar-refractivity contribution in [2.45, 2.75) is 25.9 Å². The number of aromatic nitrogens is 1. The quantitative estimate of drug-likeness (QED) is 0.758. The number of aromatic hydroxyl groups is 1. The maximum absolute atomic E-state index is 9.51. The first kappa shape index (κ1) is 12.6. The van der Waals surface area contributed by atoms with Crippen molar-refractivity contribution in [2.24, 2.45) is 0 Å². The van der Waals surface area contributed by atoms with Gasteiger partial charge >= 0.3 is 0 Å². The fourth-order valence-electron chi connectivity index (χ4n) is 1.86. The highest BCUT2D eigenvalue weighted by Gasteiger charge is 2.04. The normalized spacial score (nSPS) is 12.6. The highest BCUT2D eigenvalue weighted by molar-refractivity contribution is 5.92. The van der Waals surface area contributed by atoms with Gasteiger partial charge in [-0.15, -0.1) is 0 Å². The highest BCUT2D eigenvalue weighted by Crippen LogP contribution is 2.24. The Morgan fingerprint density at radius 3 is 2.94 bits per heavy atom. The molecular formula is C14H18N2O2. The van der Waals surface area contributed by atoms with E-state index in [0.717, 1.165) is 23.0 Å². The van der Waals surface area contributed by atoms with Gasteiger partial charge in [-0.25, -0.2) is 4.98 Å². The van der Waals surface area contributed by atoms with Crippen LogP contribution in [0.3, 0.4) is 0 Å². The lowest BCUT2D eigenvalue weighted by atomic mass is 10.1. The maximum atomic E-state index is 9.51. The van der Waals surface area contributed by atoms with Gasteiger partial charge in [0.1, 0.15) is 11.6 Å². The molecule has 1 heterocycles. The molecule has 0 bridgehead atoms. The fourth-order valence-corrected chi connectivity index (χ4v) is 1.86. The molecule has 0 amide bonds. The summed E-state index contributed by atoms with van der Waals surface area (Å²) in [6.07, 6.45) is 2.90. The van der Waals surface area contributed by atoms with E-state index >= 15 is 0 Å². The Balaban J connectivity index is 2.15. The number of nitrogens with zero attached hydrogens (tertiary/aromatic N) is 1. The first-order valence-electron chi connectivity index (χ1n) is 6.20. The second kappa shape index (κ2) is 5.69. The third-order valence-corrected chi connectivity index (χ3v) is 2.99. The van der Waals surface area contributed by atoms with Gasteiger partial charge in [-0.3, -0.25) is 0 Å². The third kappa shape index (κ3) is 2.90. The van der Waals surface area contributed by atoms with E-state index in [9.17, 15) is 10.2 Å². The predicted molar refractivity (Wildman–Crippen MR) is 72.8 cm³/mol. The van der Waals surface area contributed by atoms with Crippen LogP contribution in [0.15, 0.2) is 30.5 Å². The number of pyridine rings is 1. The van der Waals surface area contributed by atoms with Gasteiger partial charge in [0.05, 0.1) is 6.10 Å². The summed E-state index contributed by atoms with van der Waals surface area (Å²) in [5.74, 6) is 0.971. The fraction of sp³-hybridized carbons (Fsp3) is 0.357. The van der Waals surface area contributed by atoms with Gasteiger partial charge in [0.15, 0.2) is 0 Å². The zero-order chi connectivity index (χ0) is 13.0. The van der Waals surface area contributed by atoms with E-state index in [4.69, 9.17) is 0 Å². The molecule has 0 aliphatic heterocycles. The van der Waals surface area contributed by atoms with Crippen LogP contribution >= 0.6 is 0 Å². The number of benzene rings is 1. The standard InChI is InChI=1S/C14H18N2O2/c1-2-11(17)6-8-16-14-13-9-12(18)4-3-10(13)5-7-15-14/h3-5,7,9,11,17-18H,2,6,8H2,1H3,(H,15,16). The van der Waals surface area contributed by atoms with Crippen LogP contribution in [0.4, 0.5) is 5.82 Å². The molecule has 4 heteroatoms. The maximum Gasteiger partial charge on any atom is 0.133 e. The molecule has 1 unspecified atom stereocenters. The molecule has 0 spiro atoms. The largest absolute Gasteiger partial charge is 0.508 e. The molecule has 0 fully saturated rings. The van der Waals surface area contributed by atoms with Gasteiger partial charge in [-0.2, -0.15) is 0 Å². The van der Waals surface area contributed by atoms with E-state index in [0.29, 0.717) is 13.0 Å². The Bertz CT molecular complexity index is 528. The molecule has 0 aliphatic rings. The zero-order valence-corrected chi connectivity index (χ0v) is 10.4. The van der Waals surface area contributed by atoms with Crippen molar-refractivity contribution in [3.8, 4) is 5.75 Å². The Kier molecular flexibility index (Phi) is 3.99. The second-order valence-corrected chi connectivity index (χ2v) is 4.34. The van der Waals surface area contributed by atoms with Crippen molar-refractivity contribution in [1.29, 1.82) is 0 Å². The van der Waals surface area contributed by atoms with Crippen LogP contribution in [-0.4, -0.2) is 27.8 Å². The van der Waals surface area contributed by atoms with Gasteiger partial charge in [0, 0.05) is 18.1 Å². The number of rotatable bonds is 5. The molecule has 2 rings (SSSR count). The van der Waals surface area contributed by atoms with E-state index in [-0.39, 0.29) is 11.9 Å². The minimum atomic E-state index is -0.277. The second-order valence-electron chi connectivity index (χ2n) is 4.34. The number of hydrogen-bond donors (Lipinski definition) is 3. The number of hydrogen-bond acceptors (Lipinski definition) is 4. The van der Waals surface area contributed by atoms with Crippen molar-refractivity contribution < 1.29 is 10.2 Å². The van der Waals surface area contributed by atoms with Crippen LogP contribution in [0.25, 0.3) is 10.8 Å². The number of phenolic OH excluding ortho intramolecular Hbond substituents is 1. The minimum absolute atomic E-state index is 0.229. The third-order valence-electron chi connectivity index (χ3n) is 2.99. The van der Waals surface area contributed by atoms with Crippen LogP contribution in [-0.2, 0) is 0 Å². The Labute approximate surface area is 106 Å². The van der Waals surface area contributed by atoms with E-state index in [2.05, 4.69) is 10.3 Å². The Morgan fingerprint density at radius 2 is 2.17 bits per heavy atom. The van der Waals surface area contributed by atoms with Crippen molar-refractivity contribution in [3.63, 3.8) is 0 Å². The summed E-state index contributed by atoms with van der Waals surface area (Å²) in [5, 5.41) is 24.1. The molecule has 1 aromatic heterocycles. The lowest BCUT2D eigenvalue weighted by Gasteiger charge is -2.11. The van der Waals surface area contributed by atoms with Crippen molar-refractivity contribution in [3.05, 3.63) is 30.5 Å². The van der Waals surface area contributed by atoms with Gasteiger partial charge in [0.25, 0.3) is 0 Å². The van der Waals surface area contributed by atoms with E-state index in [1.54, 1.807) is 18.3 Å². The van der Waals surface area contributed by atoms with Crippen LogP contribution in [0.1, 0.15) is 19.8 Å². The lowest BCUT2D eigenvalue weighted by molar-refractivity contribution is 0.164. The lowest BCUT2D eigenvalue weighted by Crippen LogP contribution is -2.12. The molecule has 18 heavy (non-hydrogen) atoms. The van der Waals surface area contributed by atoms with Gasteiger partial charge in [0.2, 0.25) is 0 Å². The molecule has 0 saturated carbocycles. The number of anilines is 1. The monoisotopic (exact) mass is 246 g/mol. The average Bonchev–Trinajstić information content (AvgIpc) is 2.39. The minimum Gasteiger partial charge on any atom is -0.508 e. The molecule has 96 valence electrons. The molecule has 2 aromatic rings. The Hall–Kier alpha value is -1.81. The molecule has 0 radical (unpaired) electrons. The molecule has 0 saturated heterocycles. The van der Waals surface area contributed by atoms with Crippen molar-refractivity contribution in [2.75, 3.05) is 11.9 Å². The number of phenols is 1. The van der Waals surface area contributed by atoms with Crippen molar-refractivity contribution in [1.82, 2.24) is 4.98 Å². The SMILES string of the molecule is CCC(O)CCNc1nccc2ccc(O)cc12. The van der Waals surface area contributed by atoms with Crippen LogP contribution in [0.5, 0.6) is 5.75 Å². The first-order chi connectivity index (χ1) is 8.70. The highest BCUT2D eigenvalue weighted by atomic mass is 16.3. The number of aliphatic hydroxyl groups excluding tert-OH is 1.